The van der Waals surface area contributed by atoms with Gasteiger partial charge in [0.05, 0.1) is 17.1 Å². The zero-order valence-electron chi connectivity index (χ0n) is 18.5. The van der Waals surface area contributed by atoms with Gasteiger partial charge in [-0.25, -0.2) is 4.99 Å². The fourth-order valence-corrected chi connectivity index (χ4v) is 4.79. The van der Waals surface area contributed by atoms with Crippen LogP contribution in [0.3, 0.4) is 0 Å². The highest BCUT2D eigenvalue weighted by molar-refractivity contribution is 7.71. The Morgan fingerprint density at radius 3 is 2.43 bits per heavy atom. The fourth-order valence-electron chi connectivity index (χ4n) is 4.51. The highest BCUT2D eigenvalue weighted by Crippen LogP contribution is 2.38. The Hall–Kier alpha value is -4.55. The van der Waals surface area contributed by atoms with Crippen molar-refractivity contribution in [2.45, 2.75) is 0 Å². The molecule has 0 saturated carbocycles. The summed E-state index contributed by atoms with van der Waals surface area (Å²) in [4.78, 5) is 20.6. The van der Waals surface area contributed by atoms with E-state index < -0.39 is 5.56 Å². The third-order valence-corrected chi connectivity index (χ3v) is 6.43. The van der Waals surface area contributed by atoms with E-state index in [9.17, 15) is 9.90 Å². The first-order chi connectivity index (χ1) is 17.1. The van der Waals surface area contributed by atoms with Crippen molar-refractivity contribution in [2.75, 3.05) is 0 Å². The van der Waals surface area contributed by atoms with E-state index in [4.69, 9.17) is 17.2 Å². The van der Waals surface area contributed by atoms with Crippen LogP contribution in [0.1, 0.15) is 16.7 Å². The number of aromatic nitrogens is 2. The predicted octanol–water partition coefficient (Wildman–Crippen LogP) is 6.43. The second-order valence-corrected chi connectivity index (χ2v) is 8.62. The largest absolute Gasteiger partial charge is 0.494 e. The molecule has 1 aliphatic rings. The molecule has 0 fully saturated rings. The number of benzene rings is 4. The van der Waals surface area contributed by atoms with Gasteiger partial charge in [0.1, 0.15) is 5.56 Å². The standard InChI is InChI=1S/C29H19N3O2S/c33-27-23(17-22-21-14-6-7-15-24(21)30-26(22)19-10-2-1-3-11-19)28(34)32(29(35)31-27)25-16-8-12-18-9-4-5-13-20(18)25/h1-17,34H,(H,31,33,35)/b22-17+. The summed E-state index contributed by atoms with van der Waals surface area (Å²) in [5.74, 6) is -0.223. The number of aliphatic imine (C=N–C) groups is 1. The minimum atomic E-state index is -0.465. The molecule has 0 aliphatic carbocycles. The van der Waals surface area contributed by atoms with Gasteiger partial charge in [-0.15, -0.1) is 0 Å². The lowest BCUT2D eigenvalue weighted by Gasteiger charge is -2.14. The predicted molar refractivity (Wildman–Crippen MR) is 143 cm³/mol. The first-order valence-corrected chi connectivity index (χ1v) is 11.5. The van der Waals surface area contributed by atoms with Crippen LogP contribution in [0.4, 0.5) is 5.69 Å². The molecule has 35 heavy (non-hydrogen) atoms. The second kappa shape index (κ2) is 8.34. The molecule has 1 aliphatic heterocycles. The van der Waals surface area contributed by atoms with Gasteiger partial charge >= 0.3 is 0 Å². The van der Waals surface area contributed by atoms with Gasteiger partial charge in [0.25, 0.3) is 5.56 Å². The third kappa shape index (κ3) is 3.52. The molecular formula is C29H19N3O2S. The van der Waals surface area contributed by atoms with Gasteiger partial charge in [0.2, 0.25) is 5.88 Å². The second-order valence-electron chi connectivity index (χ2n) is 8.23. The van der Waals surface area contributed by atoms with Crippen molar-refractivity contribution in [1.29, 1.82) is 0 Å². The van der Waals surface area contributed by atoms with E-state index in [1.54, 1.807) is 6.08 Å². The summed E-state index contributed by atoms with van der Waals surface area (Å²) in [6.45, 7) is 0. The number of aromatic amines is 1. The molecule has 2 heterocycles. The van der Waals surface area contributed by atoms with Crippen molar-refractivity contribution in [3.63, 3.8) is 0 Å². The molecule has 2 N–H and O–H groups in total. The van der Waals surface area contributed by atoms with Gasteiger partial charge in [-0.3, -0.25) is 14.3 Å². The van der Waals surface area contributed by atoms with Crippen LogP contribution >= 0.6 is 12.2 Å². The number of fused-ring (bicyclic) bond motifs is 2. The van der Waals surface area contributed by atoms with E-state index in [0.717, 1.165) is 38.9 Å². The molecule has 0 unspecified atom stereocenters. The third-order valence-electron chi connectivity index (χ3n) is 6.15. The zero-order chi connectivity index (χ0) is 23.9. The fraction of sp³-hybridized carbons (Fsp3) is 0. The number of H-pyrrole nitrogens is 1. The summed E-state index contributed by atoms with van der Waals surface area (Å²) in [7, 11) is 0. The number of nitrogens with zero attached hydrogens (tertiary/aromatic N) is 2. The van der Waals surface area contributed by atoms with Gasteiger partial charge in [-0.2, -0.15) is 0 Å². The quantitative estimate of drug-likeness (QED) is 0.297. The Morgan fingerprint density at radius 2 is 1.57 bits per heavy atom. The van der Waals surface area contributed by atoms with Crippen molar-refractivity contribution in [3.8, 4) is 11.6 Å². The van der Waals surface area contributed by atoms with Crippen LogP contribution in [-0.2, 0) is 0 Å². The zero-order valence-corrected chi connectivity index (χ0v) is 19.3. The minimum absolute atomic E-state index is 0.113. The van der Waals surface area contributed by atoms with Gasteiger partial charge in [-0.1, -0.05) is 84.9 Å². The van der Waals surface area contributed by atoms with Crippen molar-refractivity contribution >= 4 is 46.0 Å². The highest BCUT2D eigenvalue weighted by Gasteiger charge is 2.24. The number of hydrogen-bond donors (Lipinski definition) is 2. The van der Waals surface area contributed by atoms with E-state index in [0.29, 0.717) is 5.69 Å². The van der Waals surface area contributed by atoms with Gasteiger partial charge in [0, 0.05) is 22.1 Å². The summed E-state index contributed by atoms with van der Waals surface area (Å²) in [5.41, 5.74) is 4.46. The average molecular weight is 474 g/mol. The van der Waals surface area contributed by atoms with Gasteiger partial charge in [0.15, 0.2) is 4.77 Å². The topological polar surface area (TPSA) is 70.4 Å². The molecule has 6 rings (SSSR count). The molecule has 0 atom stereocenters. The van der Waals surface area contributed by atoms with Crippen LogP contribution in [0, 0.1) is 4.77 Å². The molecule has 0 saturated heterocycles. The molecule has 0 bridgehead atoms. The van der Waals surface area contributed by atoms with E-state index in [1.807, 2.05) is 97.1 Å². The lowest BCUT2D eigenvalue weighted by atomic mass is 9.96. The molecule has 6 heteroatoms. The summed E-state index contributed by atoms with van der Waals surface area (Å²) in [6.07, 6.45) is 1.70. The Morgan fingerprint density at radius 1 is 0.857 bits per heavy atom. The van der Waals surface area contributed by atoms with Crippen LogP contribution < -0.4 is 5.56 Å². The van der Waals surface area contributed by atoms with Crippen molar-refractivity contribution in [2.24, 2.45) is 4.99 Å². The molecule has 4 aromatic carbocycles. The van der Waals surface area contributed by atoms with Crippen molar-refractivity contribution in [1.82, 2.24) is 9.55 Å². The number of nitrogens with one attached hydrogen (secondary N) is 1. The summed E-state index contributed by atoms with van der Waals surface area (Å²) >= 11 is 5.48. The monoisotopic (exact) mass is 473 g/mol. The Bertz CT molecular complexity index is 1790. The maximum Gasteiger partial charge on any atom is 0.262 e. The average Bonchev–Trinajstić information content (AvgIpc) is 3.25. The van der Waals surface area contributed by atoms with Crippen molar-refractivity contribution < 1.29 is 5.11 Å². The highest BCUT2D eigenvalue weighted by atomic mass is 32.1. The molecule has 5 aromatic rings. The number of para-hydroxylation sites is 1. The lowest BCUT2D eigenvalue weighted by molar-refractivity contribution is 0.432. The van der Waals surface area contributed by atoms with E-state index in [1.165, 1.54) is 4.57 Å². The summed E-state index contributed by atoms with van der Waals surface area (Å²) in [5, 5.41) is 13.3. The minimum Gasteiger partial charge on any atom is -0.494 e. The molecule has 168 valence electrons. The Kier molecular flexibility index (Phi) is 5.01. The molecule has 5 nitrogen and oxygen atoms in total. The van der Waals surface area contributed by atoms with Crippen LogP contribution in [-0.4, -0.2) is 20.4 Å². The van der Waals surface area contributed by atoms with Crippen LogP contribution in [0.15, 0.2) is 107 Å². The number of rotatable bonds is 3. The molecule has 0 amide bonds. The van der Waals surface area contributed by atoms with Gasteiger partial charge in [-0.05, 0) is 35.8 Å². The first-order valence-electron chi connectivity index (χ1n) is 11.1. The van der Waals surface area contributed by atoms with Crippen molar-refractivity contribution in [3.05, 3.63) is 129 Å². The number of aromatic hydroxyl groups is 1. The van der Waals surface area contributed by atoms with E-state index >= 15 is 0 Å². The first kappa shape index (κ1) is 21.0. The maximum atomic E-state index is 13.1. The van der Waals surface area contributed by atoms with Crippen LogP contribution in [0.5, 0.6) is 5.88 Å². The lowest BCUT2D eigenvalue weighted by Crippen LogP contribution is -2.16. The SMILES string of the molecule is O=c1[nH]c(=S)n(-c2cccc3ccccc23)c(O)c1/C=C1/C(c2ccccc2)=Nc2ccccc21. The smallest absolute Gasteiger partial charge is 0.262 e. The van der Waals surface area contributed by atoms with Gasteiger partial charge < -0.3 is 5.11 Å². The summed E-state index contributed by atoms with van der Waals surface area (Å²) in [6, 6.07) is 31.2. The molecule has 0 spiro atoms. The molecular weight excluding hydrogens is 454 g/mol. The maximum absolute atomic E-state index is 13.1. The number of allylic oxidation sites excluding steroid dienone is 1. The normalized spacial score (nSPS) is 13.7. The number of hydrogen-bond acceptors (Lipinski definition) is 4. The molecule has 1 aromatic heterocycles. The van der Waals surface area contributed by atoms with Crippen LogP contribution in [0.2, 0.25) is 0 Å². The summed E-state index contributed by atoms with van der Waals surface area (Å²) < 4.78 is 1.63. The van der Waals surface area contributed by atoms with E-state index in [-0.39, 0.29) is 16.2 Å². The van der Waals surface area contributed by atoms with Crippen LogP contribution in [0.25, 0.3) is 28.1 Å². The Balaban J connectivity index is 1.61. The Labute approximate surface area is 206 Å². The van der Waals surface area contributed by atoms with E-state index in [2.05, 4.69) is 4.98 Å². The molecule has 0 radical (unpaired) electrons.